The minimum atomic E-state index is -0.464. The number of piperazine rings is 1. The van der Waals surface area contributed by atoms with Crippen LogP contribution in [0, 0.1) is 11.8 Å². The Morgan fingerprint density at radius 2 is 1.78 bits per heavy atom. The molecular weight excluding hydrogens is 480 g/mol. The van der Waals surface area contributed by atoms with Crippen LogP contribution in [0.5, 0.6) is 5.75 Å². The van der Waals surface area contributed by atoms with Crippen LogP contribution in [0.3, 0.4) is 0 Å². The van der Waals surface area contributed by atoms with Gasteiger partial charge in [0.05, 0.1) is 18.5 Å². The largest absolute Gasteiger partial charge is 0.492 e. The Hall–Kier alpha value is -2.32. The number of piperidine rings is 1. The number of amides is 2. The number of hydrogen-bond acceptors (Lipinski definition) is 6. The third-order valence-electron chi connectivity index (χ3n) is 7.01. The Balaban J connectivity index is 0.00000361. The fourth-order valence-corrected chi connectivity index (χ4v) is 4.91. The van der Waals surface area contributed by atoms with Crippen LogP contribution in [0.15, 0.2) is 24.4 Å². The second-order valence-corrected chi connectivity index (χ2v) is 10.9. The number of ether oxygens (including phenoxy) is 2. The van der Waals surface area contributed by atoms with Gasteiger partial charge in [-0.25, -0.2) is 4.79 Å². The highest BCUT2D eigenvalue weighted by molar-refractivity contribution is 5.85. The smallest absolute Gasteiger partial charge is 0.410 e. The molecule has 0 bridgehead atoms. The van der Waals surface area contributed by atoms with Crippen molar-refractivity contribution >= 4 is 30.0 Å². The van der Waals surface area contributed by atoms with Crippen LogP contribution >= 0.6 is 12.4 Å². The quantitative estimate of drug-likeness (QED) is 0.628. The Kier molecular flexibility index (Phi) is 10.0. The third-order valence-corrected chi connectivity index (χ3v) is 7.01. The molecule has 2 aliphatic heterocycles. The van der Waals surface area contributed by atoms with Crippen molar-refractivity contribution in [1.29, 1.82) is 0 Å². The average molecular weight is 521 g/mol. The van der Waals surface area contributed by atoms with E-state index in [2.05, 4.69) is 16.4 Å². The zero-order chi connectivity index (χ0) is 24.8. The summed E-state index contributed by atoms with van der Waals surface area (Å²) < 4.78 is 11.5. The number of nitrogens with one attached hydrogen (secondary N) is 1. The lowest BCUT2D eigenvalue weighted by Crippen LogP contribution is -2.48. The zero-order valence-electron chi connectivity index (χ0n) is 21.8. The highest BCUT2D eigenvalue weighted by atomic mass is 35.5. The molecule has 200 valence electrons. The van der Waals surface area contributed by atoms with Gasteiger partial charge in [-0.2, -0.15) is 0 Å². The van der Waals surface area contributed by atoms with Crippen molar-refractivity contribution in [2.24, 2.45) is 11.8 Å². The summed E-state index contributed by atoms with van der Waals surface area (Å²) in [7, 11) is 0. The SMILES string of the molecule is CC(C)(C)OC(=O)N1CCC(COc2ccc(C3=CCC(C(=O)N4CCNCC4)CC3)nc2)CC1.Cl. The van der Waals surface area contributed by atoms with Crippen molar-refractivity contribution in [1.82, 2.24) is 20.1 Å². The minimum absolute atomic E-state index is 0. The van der Waals surface area contributed by atoms with Crippen LogP contribution in [-0.4, -0.2) is 78.3 Å². The summed E-state index contributed by atoms with van der Waals surface area (Å²) in [4.78, 5) is 33.4. The number of rotatable bonds is 5. The van der Waals surface area contributed by atoms with Gasteiger partial charge in [-0.15, -0.1) is 12.4 Å². The molecule has 0 aromatic carbocycles. The summed E-state index contributed by atoms with van der Waals surface area (Å²) in [6, 6.07) is 4.00. The lowest BCUT2D eigenvalue weighted by molar-refractivity contribution is -0.136. The van der Waals surface area contributed by atoms with Crippen molar-refractivity contribution in [2.45, 2.75) is 58.5 Å². The van der Waals surface area contributed by atoms with Crippen molar-refractivity contribution in [3.05, 3.63) is 30.1 Å². The number of pyridine rings is 1. The van der Waals surface area contributed by atoms with Crippen LogP contribution in [0.1, 0.15) is 58.6 Å². The van der Waals surface area contributed by atoms with Gasteiger partial charge in [0.25, 0.3) is 0 Å². The molecule has 1 N–H and O–H groups in total. The summed E-state index contributed by atoms with van der Waals surface area (Å²) >= 11 is 0. The van der Waals surface area contributed by atoms with E-state index in [9.17, 15) is 9.59 Å². The molecule has 0 spiro atoms. The molecule has 1 unspecified atom stereocenters. The van der Waals surface area contributed by atoms with Gasteiger partial charge in [0, 0.05) is 45.2 Å². The van der Waals surface area contributed by atoms with Gasteiger partial charge in [0.2, 0.25) is 5.91 Å². The van der Waals surface area contributed by atoms with E-state index in [1.54, 1.807) is 11.1 Å². The summed E-state index contributed by atoms with van der Waals surface area (Å²) in [5.74, 6) is 1.59. The Bertz CT molecular complexity index is 901. The number of halogens is 1. The molecule has 2 fully saturated rings. The first-order valence-electron chi connectivity index (χ1n) is 13.0. The van der Waals surface area contributed by atoms with Gasteiger partial charge in [0.15, 0.2) is 0 Å². The topological polar surface area (TPSA) is 84.0 Å². The summed E-state index contributed by atoms with van der Waals surface area (Å²) in [5.41, 5.74) is 1.72. The van der Waals surface area contributed by atoms with E-state index in [1.807, 2.05) is 37.8 Å². The maximum atomic E-state index is 12.8. The number of carbonyl (C=O) groups excluding carboxylic acids is 2. The molecule has 3 aliphatic rings. The van der Waals surface area contributed by atoms with E-state index < -0.39 is 5.60 Å². The summed E-state index contributed by atoms with van der Waals surface area (Å²) in [6.07, 6.45) is 8.13. The van der Waals surface area contributed by atoms with Gasteiger partial charge in [0.1, 0.15) is 11.4 Å². The molecule has 0 saturated carbocycles. The van der Waals surface area contributed by atoms with Crippen LogP contribution in [0.25, 0.3) is 5.57 Å². The van der Waals surface area contributed by atoms with Gasteiger partial charge < -0.3 is 24.6 Å². The second kappa shape index (κ2) is 12.8. The van der Waals surface area contributed by atoms with E-state index in [1.165, 1.54) is 5.57 Å². The molecule has 1 aromatic rings. The molecule has 4 rings (SSSR count). The first kappa shape index (κ1) is 28.3. The van der Waals surface area contributed by atoms with Gasteiger partial charge in [-0.3, -0.25) is 9.78 Å². The number of allylic oxidation sites excluding steroid dienone is 2. The standard InChI is InChI=1S/C27H40N4O4.ClH/c1-27(2,3)35-26(33)31-14-10-20(11-15-31)19-34-23-8-9-24(29-18-23)21-4-6-22(7-5-21)25(32)30-16-12-28-13-17-30;/h4,8-9,18,20,22,28H,5-7,10-17,19H2,1-3H3;1H. The summed E-state index contributed by atoms with van der Waals surface area (Å²) in [5, 5.41) is 3.30. The molecule has 8 nitrogen and oxygen atoms in total. The van der Waals surface area contributed by atoms with Crippen LogP contribution < -0.4 is 10.1 Å². The summed E-state index contributed by atoms with van der Waals surface area (Å²) in [6.45, 7) is 11.1. The van der Waals surface area contributed by atoms with E-state index in [-0.39, 0.29) is 24.4 Å². The lowest BCUT2D eigenvalue weighted by atomic mass is 9.87. The average Bonchev–Trinajstić information content (AvgIpc) is 2.87. The van der Waals surface area contributed by atoms with E-state index >= 15 is 0 Å². The maximum Gasteiger partial charge on any atom is 0.410 e. The highest BCUT2D eigenvalue weighted by Gasteiger charge is 2.28. The van der Waals surface area contributed by atoms with Crippen molar-refractivity contribution in [3.63, 3.8) is 0 Å². The number of likely N-dealkylation sites (tertiary alicyclic amines) is 1. The van der Waals surface area contributed by atoms with Crippen molar-refractivity contribution in [3.8, 4) is 5.75 Å². The predicted molar refractivity (Wildman–Crippen MR) is 142 cm³/mol. The Labute approximate surface area is 221 Å². The van der Waals surface area contributed by atoms with Gasteiger partial charge in [-0.05, 0) is 76.5 Å². The van der Waals surface area contributed by atoms with Crippen LogP contribution in [0.2, 0.25) is 0 Å². The van der Waals surface area contributed by atoms with Gasteiger partial charge in [-0.1, -0.05) is 6.08 Å². The van der Waals surface area contributed by atoms with E-state index in [0.717, 1.165) is 69.7 Å². The molecule has 2 amide bonds. The number of hydrogen-bond donors (Lipinski definition) is 1. The van der Waals surface area contributed by atoms with Crippen LogP contribution in [-0.2, 0) is 9.53 Å². The lowest BCUT2D eigenvalue weighted by Gasteiger charge is -2.33. The van der Waals surface area contributed by atoms with Crippen molar-refractivity contribution in [2.75, 3.05) is 45.9 Å². The molecular formula is C27H41ClN4O4. The fourth-order valence-electron chi connectivity index (χ4n) is 4.91. The molecule has 36 heavy (non-hydrogen) atoms. The third kappa shape index (κ3) is 7.84. The second-order valence-electron chi connectivity index (χ2n) is 10.9. The molecule has 1 atom stereocenters. The Morgan fingerprint density at radius 1 is 1.06 bits per heavy atom. The molecule has 0 radical (unpaired) electrons. The zero-order valence-corrected chi connectivity index (χ0v) is 22.6. The highest BCUT2D eigenvalue weighted by Crippen LogP contribution is 2.31. The maximum absolute atomic E-state index is 12.8. The molecule has 1 aromatic heterocycles. The molecule has 3 heterocycles. The fraction of sp³-hybridized carbons (Fsp3) is 0.667. The molecule has 2 saturated heterocycles. The number of nitrogens with zero attached hydrogens (tertiary/aromatic N) is 3. The van der Waals surface area contributed by atoms with E-state index in [4.69, 9.17) is 9.47 Å². The minimum Gasteiger partial charge on any atom is -0.492 e. The predicted octanol–water partition coefficient (Wildman–Crippen LogP) is 4.14. The Morgan fingerprint density at radius 3 is 2.36 bits per heavy atom. The number of aromatic nitrogens is 1. The first-order valence-corrected chi connectivity index (χ1v) is 13.0. The van der Waals surface area contributed by atoms with Gasteiger partial charge >= 0.3 is 6.09 Å². The van der Waals surface area contributed by atoms with E-state index in [0.29, 0.717) is 31.5 Å². The van der Waals surface area contributed by atoms with Crippen molar-refractivity contribution < 1.29 is 19.1 Å². The monoisotopic (exact) mass is 520 g/mol. The number of carbonyl (C=O) groups is 2. The molecule has 9 heteroatoms. The molecule has 1 aliphatic carbocycles. The first-order chi connectivity index (χ1) is 16.8. The normalized spacial score (nSPS) is 21.3. The van der Waals surface area contributed by atoms with Crippen LogP contribution in [0.4, 0.5) is 4.79 Å².